The first-order valence-electron chi connectivity index (χ1n) is 9.01. The van der Waals surface area contributed by atoms with Gasteiger partial charge in [-0.3, -0.25) is 9.59 Å². The summed E-state index contributed by atoms with van der Waals surface area (Å²) >= 11 is 0. The first-order chi connectivity index (χ1) is 12.7. The highest BCUT2D eigenvalue weighted by atomic mass is 16.5. The van der Waals surface area contributed by atoms with Crippen LogP contribution in [0.4, 0.5) is 0 Å². The van der Waals surface area contributed by atoms with Gasteiger partial charge < -0.3 is 15.4 Å². The van der Waals surface area contributed by atoms with Crippen LogP contribution in [0.1, 0.15) is 24.0 Å². The van der Waals surface area contributed by atoms with Crippen molar-refractivity contribution in [1.82, 2.24) is 10.6 Å². The van der Waals surface area contributed by atoms with E-state index in [1.807, 2.05) is 42.5 Å². The van der Waals surface area contributed by atoms with Crippen LogP contribution >= 0.6 is 0 Å². The molecule has 1 aliphatic rings. The lowest BCUT2D eigenvalue weighted by Crippen LogP contribution is -2.37. The number of para-hydroxylation sites is 1. The molecular formula is C21H24N2O3. The second-order valence-corrected chi connectivity index (χ2v) is 6.47. The van der Waals surface area contributed by atoms with Gasteiger partial charge in [0.05, 0.1) is 0 Å². The summed E-state index contributed by atoms with van der Waals surface area (Å²) in [5.41, 5.74) is 2.24. The molecule has 2 aromatic carbocycles. The van der Waals surface area contributed by atoms with Crippen LogP contribution in [0.5, 0.6) is 5.75 Å². The Morgan fingerprint density at radius 3 is 2.38 bits per heavy atom. The zero-order valence-corrected chi connectivity index (χ0v) is 14.7. The lowest BCUT2D eigenvalue weighted by Gasteiger charge is -2.12. The SMILES string of the molecule is O=C(COc1ccccc1Cc1ccccc1)NCCNC(=O)C1CC1. The molecule has 0 saturated heterocycles. The number of rotatable bonds is 9. The van der Waals surface area contributed by atoms with Gasteiger partial charge >= 0.3 is 0 Å². The second kappa shape index (κ2) is 9.04. The van der Waals surface area contributed by atoms with E-state index in [1.54, 1.807) is 0 Å². The number of hydrogen-bond donors (Lipinski definition) is 2. The number of carbonyl (C=O) groups is 2. The first-order valence-corrected chi connectivity index (χ1v) is 9.01. The summed E-state index contributed by atoms with van der Waals surface area (Å²) in [5.74, 6) is 0.800. The van der Waals surface area contributed by atoms with Crippen molar-refractivity contribution in [2.45, 2.75) is 19.3 Å². The molecule has 136 valence electrons. The molecule has 1 aliphatic carbocycles. The Kier molecular flexibility index (Phi) is 6.25. The summed E-state index contributed by atoms with van der Waals surface area (Å²) in [6, 6.07) is 17.9. The maximum Gasteiger partial charge on any atom is 0.258 e. The predicted molar refractivity (Wildman–Crippen MR) is 99.9 cm³/mol. The topological polar surface area (TPSA) is 67.4 Å². The lowest BCUT2D eigenvalue weighted by molar-refractivity contribution is -0.124. The Bertz CT molecular complexity index is 742. The Morgan fingerprint density at radius 2 is 1.62 bits per heavy atom. The van der Waals surface area contributed by atoms with E-state index >= 15 is 0 Å². The Labute approximate surface area is 153 Å². The summed E-state index contributed by atoms with van der Waals surface area (Å²) in [6.07, 6.45) is 2.72. The normalized spacial score (nSPS) is 13.1. The van der Waals surface area contributed by atoms with Crippen LogP contribution in [0.25, 0.3) is 0 Å². The van der Waals surface area contributed by atoms with Crippen LogP contribution in [0, 0.1) is 5.92 Å². The molecule has 0 unspecified atom stereocenters. The molecule has 2 amide bonds. The monoisotopic (exact) mass is 352 g/mol. The smallest absolute Gasteiger partial charge is 0.258 e. The maximum atomic E-state index is 11.9. The summed E-state index contributed by atoms with van der Waals surface area (Å²) in [4.78, 5) is 23.4. The van der Waals surface area contributed by atoms with Crippen LogP contribution in [0.2, 0.25) is 0 Å². The third-order valence-electron chi connectivity index (χ3n) is 4.26. The van der Waals surface area contributed by atoms with E-state index in [0.717, 1.165) is 24.8 Å². The minimum Gasteiger partial charge on any atom is -0.483 e. The van der Waals surface area contributed by atoms with E-state index in [2.05, 4.69) is 22.8 Å². The van der Waals surface area contributed by atoms with Crippen molar-refractivity contribution in [3.63, 3.8) is 0 Å². The summed E-state index contributed by atoms with van der Waals surface area (Å²) in [5, 5.41) is 5.57. The first kappa shape index (κ1) is 18.0. The quantitative estimate of drug-likeness (QED) is 0.681. The van der Waals surface area contributed by atoms with Crippen molar-refractivity contribution in [2.24, 2.45) is 5.92 Å². The van der Waals surface area contributed by atoms with Crippen molar-refractivity contribution in [3.05, 3.63) is 65.7 Å². The van der Waals surface area contributed by atoms with Gasteiger partial charge in [0.1, 0.15) is 5.75 Å². The van der Waals surface area contributed by atoms with E-state index in [9.17, 15) is 9.59 Å². The van der Waals surface area contributed by atoms with Gasteiger partial charge in [-0.05, 0) is 30.0 Å². The highest BCUT2D eigenvalue weighted by molar-refractivity contribution is 5.81. The van der Waals surface area contributed by atoms with Crippen LogP contribution in [-0.2, 0) is 16.0 Å². The average Bonchev–Trinajstić information content (AvgIpc) is 3.50. The number of amides is 2. The van der Waals surface area contributed by atoms with Gasteiger partial charge in [0.15, 0.2) is 6.61 Å². The summed E-state index contributed by atoms with van der Waals surface area (Å²) in [7, 11) is 0. The van der Waals surface area contributed by atoms with E-state index in [0.29, 0.717) is 18.8 Å². The Balaban J connectivity index is 1.42. The van der Waals surface area contributed by atoms with E-state index in [4.69, 9.17) is 4.74 Å². The minimum atomic E-state index is -0.194. The van der Waals surface area contributed by atoms with E-state index < -0.39 is 0 Å². The Morgan fingerprint density at radius 1 is 0.923 bits per heavy atom. The molecule has 5 nitrogen and oxygen atoms in total. The highest BCUT2D eigenvalue weighted by Crippen LogP contribution is 2.28. The molecule has 2 N–H and O–H groups in total. The molecule has 3 rings (SSSR count). The van der Waals surface area contributed by atoms with Gasteiger partial charge in [0, 0.05) is 25.4 Å². The lowest BCUT2D eigenvalue weighted by atomic mass is 10.0. The fourth-order valence-corrected chi connectivity index (χ4v) is 2.68. The van der Waals surface area contributed by atoms with Crippen molar-refractivity contribution in [3.8, 4) is 5.75 Å². The second-order valence-electron chi connectivity index (χ2n) is 6.47. The van der Waals surface area contributed by atoms with Crippen molar-refractivity contribution >= 4 is 11.8 Å². The molecule has 1 saturated carbocycles. The van der Waals surface area contributed by atoms with Gasteiger partial charge in [0.25, 0.3) is 5.91 Å². The van der Waals surface area contributed by atoms with E-state index in [-0.39, 0.29) is 24.3 Å². The molecule has 5 heteroatoms. The van der Waals surface area contributed by atoms with Crippen molar-refractivity contribution < 1.29 is 14.3 Å². The average molecular weight is 352 g/mol. The van der Waals surface area contributed by atoms with Gasteiger partial charge in [-0.15, -0.1) is 0 Å². The van der Waals surface area contributed by atoms with Crippen molar-refractivity contribution in [1.29, 1.82) is 0 Å². The molecule has 1 fully saturated rings. The molecular weight excluding hydrogens is 328 g/mol. The molecule has 0 aliphatic heterocycles. The third-order valence-corrected chi connectivity index (χ3v) is 4.26. The Hall–Kier alpha value is -2.82. The highest BCUT2D eigenvalue weighted by Gasteiger charge is 2.28. The zero-order chi connectivity index (χ0) is 18.2. The molecule has 0 radical (unpaired) electrons. The number of ether oxygens (including phenoxy) is 1. The molecule has 0 atom stereocenters. The summed E-state index contributed by atoms with van der Waals surface area (Å²) < 4.78 is 5.70. The third kappa shape index (κ3) is 5.62. The maximum absolute atomic E-state index is 11.9. The van der Waals surface area contributed by atoms with Crippen LogP contribution in [0.15, 0.2) is 54.6 Å². The predicted octanol–water partition coefficient (Wildman–Crippen LogP) is 2.30. The molecule has 26 heavy (non-hydrogen) atoms. The molecule has 0 aromatic heterocycles. The number of hydrogen-bond acceptors (Lipinski definition) is 3. The number of carbonyl (C=O) groups excluding carboxylic acids is 2. The molecule has 0 heterocycles. The van der Waals surface area contributed by atoms with Crippen LogP contribution < -0.4 is 15.4 Å². The van der Waals surface area contributed by atoms with E-state index in [1.165, 1.54) is 5.56 Å². The number of nitrogens with one attached hydrogen (secondary N) is 2. The molecule has 0 spiro atoms. The van der Waals surface area contributed by atoms with Gasteiger partial charge in [-0.1, -0.05) is 48.5 Å². The van der Waals surface area contributed by atoms with Gasteiger partial charge in [0.2, 0.25) is 5.91 Å². The fraction of sp³-hybridized carbons (Fsp3) is 0.333. The van der Waals surface area contributed by atoms with Crippen LogP contribution in [-0.4, -0.2) is 31.5 Å². The molecule has 0 bridgehead atoms. The minimum absolute atomic E-state index is 0.0393. The largest absolute Gasteiger partial charge is 0.483 e. The molecule has 2 aromatic rings. The zero-order valence-electron chi connectivity index (χ0n) is 14.7. The van der Waals surface area contributed by atoms with Gasteiger partial charge in [-0.2, -0.15) is 0 Å². The summed E-state index contributed by atoms with van der Waals surface area (Å²) in [6.45, 7) is 0.820. The fourth-order valence-electron chi connectivity index (χ4n) is 2.68. The standard InChI is InChI=1S/C21H24N2O3/c24-20(22-12-13-23-21(25)17-10-11-17)15-26-19-9-5-4-8-18(19)14-16-6-2-1-3-7-16/h1-9,17H,10-15H2,(H,22,24)(H,23,25). The van der Waals surface area contributed by atoms with Crippen LogP contribution in [0.3, 0.4) is 0 Å². The number of benzene rings is 2. The van der Waals surface area contributed by atoms with Crippen molar-refractivity contribution in [2.75, 3.05) is 19.7 Å². The van der Waals surface area contributed by atoms with Gasteiger partial charge in [-0.25, -0.2) is 0 Å².